The first kappa shape index (κ1) is 12.4. The zero-order chi connectivity index (χ0) is 13.2. The van der Waals surface area contributed by atoms with Gasteiger partial charge in [-0.2, -0.15) is 5.26 Å². The van der Waals surface area contributed by atoms with Gasteiger partial charge in [0.25, 0.3) is 5.69 Å². The lowest BCUT2D eigenvalue weighted by atomic mass is 9.70. The van der Waals surface area contributed by atoms with Crippen LogP contribution in [0.4, 0.5) is 11.4 Å². The van der Waals surface area contributed by atoms with Crippen LogP contribution < -0.4 is 5.32 Å². The number of nitriles is 1. The highest BCUT2D eigenvalue weighted by Crippen LogP contribution is 2.40. The smallest absolute Gasteiger partial charge is 0.287 e. The van der Waals surface area contributed by atoms with E-state index in [2.05, 4.69) is 12.2 Å². The largest absolute Gasteiger partial charge is 0.384 e. The molecule has 1 saturated carbocycles. The van der Waals surface area contributed by atoms with E-state index in [1.165, 1.54) is 25.3 Å². The molecule has 5 heteroatoms. The van der Waals surface area contributed by atoms with Crippen LogP contribution in [0.1, 0.15) is 31.7 Å². The molecular formula is C13H15N3O2. The summed E-state index contributed by atoms with van der Waals surface area (Å²) in [5.74, 6) is 0. The third-order valence-electron chi connectivity index (χ3n) is 3.59. The Morgan fingerprint density at radius 2 is 2.28 bits per heavy atom. The summed E-state index contributed by atoms with van der Waals surface area (Å²) in [5, 5.41) is 22.8. The Morgan fingerprint density at radius 1 is 1.56 bits per heavy atom. The average Bonchev–Trinajstić information content (AvgIpc) is 2.33. The van der Waals surface area contributed by atoms with Crippen LogP contribution in [0.2, 0.25) is 0 Å². The summed E-state index contributed by atoms with van der Waals surface area (Å²) in [6.07, 6.45) is 3.68. The Hall–Kier alpha value is -2.09. The number of rotatable bonds is 4. The van der Waals surface area contributed by atoms with E-state index >= 15 is 0 Å². The predicted molar refractivity (Wildman–Crippen MR) is 68.3 cm³/mol. The second kappa shape index (κ2) is 4.65. The zero-order valence-electron chi connectivity index (χ0n) is 10.3. The molecule has 0 aliphatic heterocycles. The maximum atomic E-state index is 10.7. The molecule has 1 N–H and O–H groups in total. The number of benzene rings is 1. The molecule has 1 aliphatic carbocycles. The van der Waals surface area contributed by atoms with Crippen LogP contribution >= 0.6 is 0 Å². The van der Waals surface area contributed by atoms with Gasteiger partial charge in [-0.05, 0) is 30.4 Å². The van der Waals surface area contributed by atoms with Crippen molar-refractivity contribution < 1.29 is 4.92 Å². The molecule has 0 atom stereocenters. The topological polar surface area (TPSA) is 79.0 Å². The highest BCUT2D eigenvalue weighted by Gasteiger charge is 2.31. The van der Waals surface area contributed by atoms with Gasteiger partial charge in [0.15, 0.2) is 0 Å². The molecule has 0 unspecified atom stereocenters. The summed E-state index contributed by atoms with van der Waals surface area (Å²) >= 11 is 0. The minimum Gasteiger partial charge on any atom is -0.384 e. The Morgan fingerprint density at radius 3 is 2.78 bits per heavy atom. The summed E-state index contributed by atoms with van der Waals surface area (Å²) in [7, 11) is 0. The Balaban J connectivity index is 2.10. The van der Waals surface area contributed by atoms with Crippen molar-refractivity contribution in [2.24, 2.45) is 5.41 Å². The first-order valence-corrected chi connectivity index (χ1v) is 5.96. The number of hydrogen-bond donors (Lipinski definition) is 1. The monoisotopic (exact) mass is 245 g/mol. The number of hydrogen-bond acceptors (Lipinski definition) is 4. The van der Waals surface area contributed by atoms with Gasteiger partial charge in [-0.15, -0.1) is 0 Å². The van der Waals surface area contributed by atoms with Crippen molar-refractivity contribution in [3.8, 4) is 6.07 Å². The van der Waals surface area contributed by atoms with Crippen LogP contribution in [-0.4, -0.2) is 11.5 Å². The lowest BCUT2D eigenvalue weighted by molar-refractivity contribution is -0.385. The van der Waals surface area contributed by atoms with Crippen LogP contribution in [0.5, 0.6) is 0 Å². The van der Waals surface area contributed by atoms with E-state index in [9.17, 15) is 10.1 Å². The summed E-state index contributed by atoms with van der Waals surface area (Å²) in [6.45, 7) is 3.07. The van der Waals surface area contributed by atoms with Gasteiger partial charge in [0.05, 0.1) is 4.92 Å². The van der Waals surface area contributed by atoms with Gasteiger partial charge in [0.1, 0.15) is 11.6 Å². The van der Waals surface area contributed by atoms with Crippen LogP contribution in [0.15, 0.2) is 18.2 Å². The van der Waals surface area contributed by atoms with E-state index in [1.54, 1.807) is 12.1 Å². The molecule has 1 aromatic carbocycles. The van der Waals surface area contributed by atoms with Crippen molar-refractivity contribution in [3.63, 3.8) is 0 Å². The van der Waals surface area contributed by atoms with E-state index in [4.69, 9.17) is 5.26 Å². The first-order chi connectivity index (χ1) is 8.54. The quantitative estimate of drug-likeness (QED) is 0.653. The standard InChI is InChI=1S/C13H15N3O2/c1-13(5-2-6-13)9-15-11-3-4-12(16(17)18)10(7-11)8-14/h3-4,7,15H,2,5-6,9H2,1H3. The van der Waals surface area contributed by atoms with Crippen molar-refractivity contribution in [2.75, 3.05) is 11.9 Å². The summed E-state index contributed by atoms with van der Waals surface area (Å²) < 4.78 is 0. The van der Waals surface area contributed by atoms with E-state index < -0.39 is 4.92 Å². The number of nitro groups is 1. The molecule has 1 aliphatic rings. The van der Waals surface area contributed by atoms with Gasteiger partial charge in [0, 0.05) is 18.3 Å². The number of nitrogens with zero attached hydrogens (tertiary/aromatic N) is 2. The van der Waals surface area contributed by atoms with E-state index in [1.807, 2.05) is 6.07 Å². The fourth-order valence-electron chi connectivity index (χ4n) is 2.17. The van der Waals surface area contributed by atoms with E-state index in [-0.39, 0.29) is 11.3 Å². The second-order valence-corrected chi connectivity index (χ2v) is 5.12. The van der Waals surface area contributed by atoms with Gasteiger partial charge in [-0.25, -0.2) is 0 Å². The van der Waals surface area contributed by atoms with Crippen molar-refractivity contribution in [3.05, 3.63) is 33.9 Å². The maximum absolute atomic E-state index is 10.7. The molecule has 0 bridgehead atoms. The third-order valence-corrected chi connectivity index (χ3v) is 3.59. The fraction of sp³-hybridized carbons (Fsp3) is 0.462. The van der Waals surface area contributed by atoms with Crippen LogP contribution in [0.3, 0.4) is 0 Å². The molecule has 5 nitrogen and oxygen atoms in total. The molecule has 0 heterocycles. The molecule has 0 aromatic heterocycles. The minimum atomic E-state index is -0.532. The third kappa shape index (κ3) is 2.43. The lowest BCUT2D eigenvalue weighted by Gasteiger charge is -2.38. The van der Waals surface area contributed by atoms with Gasteiger partial charge in [-0.3, -0.25) is 10.1 Å². The minimum absolute atomic E-state index is 0.101. The molecule has 18 heavy (non-hydrogen) atoms. The van der Waals surface area contributed by atoms with E-state index in [0.29, 0.717) is 5.41 Å². The lowest BCUT2D eigenvalue weighted by Crippen LogP contribution is -2.33. The van der Waals surface area contributed by atoms with Gasteiger partial charge in [0.2, 0.25) is 0 Å². The van der Waals surface area contributed by atoms with Gasteiger partial charge >= 0.3 is 0 Å². The van der Waals surface area contributed by atoms with Crippen LogP contribution in [0, 0.1) is 26.9 Å². The number of nitro benzene ring substituents is 1. The average molecular weight is 245 g/mol. The molecule has 0 saturated heterocycles. The van der Waals surface area contributed by atoms with Crippen molar-refractivity contribution >= 4 is 11.4 Å². The zero-order valence-corrected chi connectivity index (χ0v) is 10.3. The molecule has 0 radical (unpaired) electrons. The van der Waals surface area contributed by atoms with Crippen LogP contribution in [-0.2, 0) is 0 Å². The molecule has 0 amide bonds. The molecule has 2 rings (SSSR count). The van der Waals surface area contributed by atoms with E-state index in [0.717, 1.165) is 12.2 Å². The predicted octanol–water partition coefficient (Wildman–Crippen LogP) is 3.07. The van der Waals surface area contributed by atoms with Crippen molar-refractivity contribution in [2.45, 2.75) is 26.2 Å². The number of nitrogens with one attached hydrogen (secondary N) is 1. The summed E-state index contributed by atoms with van der Waals surface area (Å²) in [4.78, 5) is 10.2. The van der Waals surface area contributed by atoms with Crippen molar-refractivity contribution in [1.82, 2.24) is 0 Å². The Labute approximate surface area is 106 Å². The molecular weight excluding hydrogens is 230 g/mol. The SMILES string of the molecule is CC1(CNc2ccc([N+](=O)[O-])c(C#N)c2)CCC1. The Bertz CT molecular complexity index is 515. The fourth-order valence-corrected chi connectivity index (χ4v) is 2.17. The second-order valence-electron chi connectivity index (χ2n) is 5.12. The molecule has 1 aromatic rings. The molecule has 0 spiro atoms. The van der Waals surface area contributed by atoms with Gasteiger partial charge in [-0.1, -0.05) is 13.3 Å². The summed E-state index contributed by atoms with van der Waals surface area (Å²) in [5.41, 5.74) is 1.06. The highest BCUT2D eigenvalue weighted by atomic mass is 16.6. The van der Waals surface area contributed by atoms with Crippen LogP contribution in [0.25, 0.3) is 0 Å². The normalized spacial score (nSPS) is 16.4. The molecule has 1 fully saturated rings. The highest BCUT2D eigenvalue weighted by molar-refractivity contribution is 5.58. The summed E-state index contributed by atoms with van der Waals surface area (Å²) in [6, 6.07) is 6.44. The molecule has 94 valence electrons. The van der Waals surface area contributed by atoms with Gasteiger partial charge < -0.3 is 5.32 Å². The Kier molecular flexibility index (Phi) is 3.19. The first-order valence-electron chi connectivity index (χ1n) is 5.96. The maximum Gasteiger partial charge on any atom is 0.287 e. The number of anilines is 1. The van der Waals surface area contributed by atoms with Crippen molar-refractivity contribution in [1.29, 1.82) is 5.26 Å².